The highest BCUT2D eigenvalue weighted by Gasteiger charge is 2.14. The Bertz CT molecular complexity index is 588. The molecule has 0 radical (unpaired) electrons. The number of carbonyl (C=O) groups is 1. The molecule has 96 valence electrons. The van der Waals surface area contributed by atoms with Crippen molar-refractivity contribution in [1.29, 1.82) is 0 Å². The van der Waals surface area contributed by atoms with Crippen LogP contribution in [-0.4, -0.2) is 15.9 Å². The molecule has 1 N–H and O–H groups in total. The van der Waals surface area contributed by atoms with Crippen molar-refractivity contribution in [2.45, 2.75) is 13.0 Å². The minimum atomic E-state index is -0.941. The Morgan fingerprint density at radius 2 is 1.63 bits per heavy atom. The summed E-state index contributed by atoms with van der Waals surface area (Å²) in [6, 6.07) is 11.2. The van der Waals surface area contributed by atoms with E-state index in [4.69, 9.17) is 0 Å². The molecule has 0 amide bonds. The molecule has 0 bridgehead atoms. The maximum Gasteiger partial charge on any atom is 0.158 e. The van der Waals surface area contributed by atoms with Crippen LogP contribution in [-0.2, 0) is 4.79 Å². The van der Waals surface area contributed by atoms with Crippen molar-refractivity contribution in [2.24, 2.45) is 0 Å². The van der Waals surface area contributed by atoms with E-state index >= 15 is 0 Å². The number of aromatic nitrogens is 1. The van der Waals surface area contributed by atoms with E-state index in [0.717, 1.165) is 11.1 Å². The summed E-state index contributed by atoms with van der Waals surface area (Å²) >= 11 is 0. The fraction of sp³-hybridized carbons (Fsp3) is 0.125. The van der Waals surface area contributed by atoms with Crippen molar-refractivity contribution in [2.75, 3.05) is 0 Å². The van der Waals surface area contributed by atoms with Gasteiger partial charge in [-0.3, -0.25) is 9.78 Å². The van der Waals surface area contributed by atoms with E-state index in [1.54, 1.807) is 24.5 Å². The summed E-state index contributed by atoms with van der Waals surface area (Å²) in [5.74, 6) is -0.203. The van der Waals surface area contributed by atoms with Crippen LogP contribution in [0.15, 0.2) is 60.9 Å². The Balaban J connectivity index is 2.24. The Morgan fingerprint density at radius 3 is 2.16 bits per heavy atom. The Hall–Kier alpha value is -2.26. The second-order valence-corrected chi connectivity index (χ2v) is 4.34. The number of hydrogen-bond donors (Lipinski definition) is 1. The molecule has 1 atom stereocenters. The third-order valence-electron chi connectivity index (χ3n) is 3.02. The zero-order chi connectivity index (χ0) is 13.8. The Kier molecular flexibility index (Phi) is 3.88. The first kappa shape index (κ1) is 13.2. The lowest BCUT2D eigenvalue weighted by molar-refractivity contribution is -0.114. The van der Waals surface area contributed by atoms with Crippen molar-refractivity contribution in [3.05, 3.63) is 66.5 Å². The van der Waals surface area contributed by atoms with Gasteiger partial charge in [-0.1, -0.05) is 30.8 Å². The molecule has 3 heteroatoms. The molecule has 1 heterocycles. The maximum absolute atomic E-state index is 11.2. The molecular formula is C16H15NO2. The van der Waals surface area contributed by atoms with E-state index < -0.39 is 6.10 Å². The van der Waals surface area contributed by atoms with Gasteiger partial charge in [-0.25, -0.2) is 0 Å². The van der Waals surface area contributed by atoms with E-state index in [1.807, 2.05) is 24.3 Å². The average Bonchev–Trinajstić information content (AvgIpc) is 2.46. The number of aliphatic hydroxyl groups excluding tert-OH is 1. The minimum Gasteiger partial charge on any atom is -0.384 e. The van der Waals surface area contributed by atoms with Crippen LogP contribution in [0, 0.1) is 0 Å². The molecule has 0 aliphatic rings. The van der Waals surface area contributed by atoms with Crippen LogP contribution in [0.25, 0.3) is 11.1 Å². The zero-order valence-corrected chi connectivity index (χ0v) is 10.7. The molecule has 19 heavy (non-hydrogen) atoms. The van der Waals surface area contributed by atoms with Gasteiger partial charge >= 0.3 is 0 Å². The second kappa shape index (κ2) is 5.59. The summed E-state index contributed by atoms with van der Waals surface area (Å²) in [6.45, 7) is 5.00. The zero-order valence-electron chi connectivity index (χ0n) is 10.7. The van der Waals surface area contributed by atoms with Crippen molar-refractivity contribution in [3.8, 4) is 11.1 Å². The Morgan fingerprint density at radius 1 is 1.11 bits per heavy atom. The van der Waals surface area contributed by atoms with E-state index in [-0.39, 0.29) is 11.4 Å². The number of carbonyl (C=O) groups excluding carboxylic acids is 1. The molecular weight excluding hydrogens is 238 g/mol. The smallest absolute Gasteiger partial charge is 0.158 e. The molecule has 0 aliphatic carbocycles. The molecule has 0 spiro atoms. The minimum absolute atomic E-state index is 0.203. The summed E-state index contributed by atoms with van der Waals surface area (Å²) < 4.78 is 0. The number of ketones is 1. The van der Waals surface area contributed by atoms with E-state index in [1.165, 1.54) is 6.92 Å². The second-order valence-electron chi connectivity index (χ2n) is 4.34. The first-order chi connectivity index (χ1) is 9.09. The lowest BCUT2D eigenvalue weighted by Crippen LogP contribution is -2.07. The molecule has 2 rings (SSSR count). The number of nitrogens with zero attached hydrogens (tertiary/aromatic N) is 1. The monoisotopic (exact) mass is 253 g/mol. The standard InChI is InChI=1S/C16H15NO2/c1-11(12(2)18)16(19)15-5-3-13(4-6-15)14-7-9-17-10-8-14/h3-10,16,19H,1H2,2H3/t16-/m0/s1. The number of hydrogen-bond acceptors (Lipinski definition) is 3. The van der Waals surface area contributed by atoms with Crippen LogP contribution >= 0.6 is 0 Å². The summed E-state index contributed by atoms with van der Waals surface area (Å²) in [7, 11) is 0. The fourth-order valence-electron chi connectivity index (χ4n) is 1.80. The van der Waals surface area contributed by atoms with Gasteiger partial charge in [0.15, 0.2) is 5.78 Å². The largest absolute Gasteiger partial charge is 0.384 e. The SMILES string of the molecule is C=C(C(C)=O)[C@H](O)c1ccc(-c2ccncc2)cc1. The first-order valence-electron chi connectivity index (χ1n) is 5.98. The molecule has 0 fully saturated rings. The summed E-state index contributed by atoms with van der Waals surface area (Å²) in [5.41, 5.74) is 2.96. The van der Waals surface area contributed by atoms with Gasteiger partial charge in [0.25, 0.3) is 0 Å². The van der Waals surface area contributed by atoms with Crippen LogP contribution in [0.1, 0.15) is 18.6 Å². The number of rotatable bonds is 4. The lowest BCUT2D eigenvalue weighted by Gasteiger charge is -2.12. The van der Waals surface area contributed by atoms with E-state index in [9.17, 15) is 9.90 Å². The van der Waals surface area contributed by atoms with E-state index in [2.05, 4.69) is 11.6 Å². The summed E-state index contributed by atoms with van der Waals surface area (Å²) in [5, 5.41) is 9.99. The van der Waals surface area contributed by atoms with Gasteiger partial charge in [-0.15, -0.1) is 0 Å². The van der Waals surface area contributed by atoms with Gasteiger partial charge in [-0.2, -0.15) is 0 Å². The van der Waals surface area contributed by atoms with Gasteiger partial charge < -0.3 is 5.11 Å². The predicted octanol–water partition coefficient (Wildman–Crippen LogP) is 2.93. The number of Topliss-reactive ketones (excluding diaryl/α,β-unsaturated/α-hetero) is 1. The predicted molar refractivity (Wildman–Crippen MR) is 74.5 cm³/mol. The van der Waals surface area contributed by atoms with Crippen molar-refractivity contribution >= 4 is 5.78 Å². The molecule has 2 aromatic rings. The Labute approximate surface area is 112 Å². The third kappa shape index (κ3) is 2.95. The number of benzene rings is 1. The lowest BCUT2D eigenvalue weighted by atomic mass is 9.98. The number of pyridine rings is 1. The maximum atomic E-state index is 11.2. The highest BCUT2D eigenvalue weighted by atomic mass is 16.3. The van der Waals surface area contributed by atoms with Crippen LogP contribution < -0.4 is 0 Å². The highest BCUT2D eigenvalue weighted by Crippen LogP contribution is 2.24. The third-order valence-corrected chi connectivity index (χ3v) is 3.02. The topological polar surface area (TPSA) is 50.2 Å². The normalized spacial score (nSPS) is 11.9. The van der Waals surface area contributed by atoms with Crippen LogP contribution in [0.4, 0.5) is 0 Å². The average molecular weight is 253 g/mol. The van der Waals surface area contributed by atoms with Gasteiger partial charge in [0.05, 0.1) is 0 Å². The van der Waals surface area contributed by atoms with E-state index in [0.29, 0.717) is 5.56 Å². The molecule has 0 unspecified atom stereocenters. The van der Waals surface area contributed by atoms with Crippen molar-refractivity contribution in [3.63, 3.8) is 0 Å². The van der Waals surface area contributed by atoms with Crippen LogP contribution in [0.5, 0.6) is 0 Å². The van der Waals surface area contributed by atoms with Crippen molar-refractivity contribution < 1.29 is 9.90 Å². The van der Waals surface area contributed by atoms with Gasteiger partial charge in [0.2, 0.25) is 0 Å². The molecule has 0 saturated heterocycles. The molecule has 0 saturated carbocycles. The number of aliphatic hydroxyl groups is 1. The van der Waals surface area contributed by atoms with Crippen molar-refractivity contribution in [1.82, 2.24) is 4.98 Å². The molecule has 0 aliphatic heterocycles. The summed E-state index contributed by atoms with van der Waals surface area (Å²) in [4.78, 5) is 15.2. The van der Waals surface area contributed by atoms with Crippen LogP contribution in [0.3, 0.4) is 0 Å². The molecule has 3 nitrogen and oxygen atoms in total. The van der Waals surface area contributed by atoms with Gasteiger partial charge in [0, 0.05) is 18.0 Å². The highest BCUT2D eigenvalue weighted by molar-refractivity contribution is 5.93. The van der Waals surface area contributed by atoms with Crippen LogP contribution in [0.2, 0.25) is 0 Å². The fourth-order valence-corrected chi connectivity index (χ4v) is 1.80. The first-order valence-corrected chi connectivity index (χ1v) is 5.98. The molecule has 1 aromatic carbocycles. The quantitative estimate of drug-likeness (QED) is 0.852. The van der Waals surface area contributed by atoms with Gasteiger partial charge in [-0.05, 0) is 35.7 Å². The van der Waals surface area contributed by atoms with Gasteiger partial charge in [0.1, 0.15) is 6.10 Å². The summed E-state index contributed by atoms with van der Waals surface area (Å²) in [6.07, 6.45) is 2.52. The molecule has 1 aromatic heterocycles.